The molecule has 39 heavy (non-hydrogen) atoms. The number of aryl methyl sites for hydroxylation is 1. The van der Waals surface area contributed by atoms with E-state index in [1.807, 2.05) is 0 Å². The van der Waals surface area contributed by atoms with Crippen LogP contribution in [-0.4, -0.2) is 40.4 Å². The number of hydrogen-bond acceptors (Lipinski definition) is 8. The van der Waals surface area contributed by atoms with Crippen molar-refractivity contribution in [2.75, 3.05) is 29.8 Å². The van der Waals surface area contributed by atoms with E-state index >= 15 is 0 Å². The van der Waals surface area contributed by atoms with Crippen LogP contribution in [0.5, 0.6) is 11.5 Å². The molecule has 0 bridgehead atoms. The van der Waals surface area contributed by atoms with Crippen molar-refractivity contribution in [1.29, 1.82) is 0 Å². The molecule has 13 heteroatoms. The zero-order valence-electron chi connectivity index (χ0n) is 20.9. The highest BCUT2D eigenvalue weighted by Gasteiger charge is 2.40. The summed E-state index contributed by atoms with van der Waals surface area (Å²) in [6.07, 6.45) is 0. The van der Waals surface area contributed by atoms with Crippen LogP contribution < -0.4 is 30.1 Å². The van der Waals surface area contributed by atoms with Gasteiger partial charge >= 0.3 is 0 Å². The van der Waals surface area contributed by atoms with Crippen molar-refractivity contribution in [2.24, 2.45) is 5.14 Å². The van der Waals surface area contributed by atoms with Gasteiger partial charge < -0.3 is 20.1 Å². The Morgan fingerprint density at radius 1 is 0.949 bits per heavy atom. The van der Waals surface area contributed by atoms with E-state index in [-0.39, 0.29) is 32.6 Å². The van der Waals surface area contributed by atoms with E-state index in [4.69, 9.17) is 26.2 Å². The average molecular weight is 571 g/mol. The largest absolute Gasteiger partial charge is 0.497 e. The molecule has 0 spiro atoms. The van der Waals surface area contributed by atoms with Crippen molar-refractivity contribution in [1.82, 2.24) is 0 Å². The van der Waals surface area contributed by atoms with E-state index in [2.05, 4.69) is 10.6 Å². The number of sulfonamides is 1. The number of carbonyl (C=O) groups excluding carboxylic acids is 3. The fourth-order valence-electron chi connectivity index (χ4n) is 3.76. The number of methoxy groups -OCH3 is 2. The molecule has 3 aromatic carbocycles. The zero-order chi connectivity index (χ0) is 28.5. The minimum atomic E-state index is -3.87. The Balaban J connectivity index is 1.57. The second kappa shape index (κ2) is 10.8. The van der Waals surface area contributed by atoms with E-state index in [0.717, 1.165) is 4.90 Å². The Bertz CT molecular complexity index is 1640. The van der Waals surface area contributed by atoms with Crippen LogP contribution in [-0.2, 0) is 19.6 Å². The lowest BCUT2D eigenvalue weighted by Crippen LogP contribution is -2.32. The number of nitrogens with zero attached hydrogens (tertiary/aromatic N) is 1. The molecule has 4 N–H and O–H groups in total. The van der Waals surface area contributed by atoms with E-state index in [1.165, 1.54) is 56.7 Å². The van der Waals surface area contributed by atoms with Crippen LogP contribution in [0.4, 0.5) is 17.1 Å². The monoisotopic (exact) mass is 570 g/mol. The van der Waals surface area contributed by atoms with Crippen LogP contribution in [0.2, 0.25) is 0 Å². The lowest BCUT2D eigenvalue weighted by molar-refractivity contribution is -0.120. The second-order valence-corrected chi connectivity index (χ2v) is 10.3. The molecule has 1 heterocycles. The van der Waals surface area contributed by atoms with Crippen molar-refractivity contribution in [3.8, 4) is 11.5 Å². The maximum Gasteiger partial charge on any atom is 0.283 e. The van der Waals surface area contributed by atoms with Crippen LogP contribution >= 0.6 is 11.6 Å². The highest BCUT2D eigenvalue weighted by atomic mass is 35.5. The quantitative estimate of drug-likeness (QED) is 0.348. The van der Waals surface area contributed by atoms with E-state index in [0.29, 0.717) is 22.7 Å². The first-order valence-corrected chi connectivity index (χ1v) is 13.2. The van der Waals surface area contributed by atoms with Gasteiger partial charge in [-0.15, -0.1) is 0 Å². The van der Waals surface area contributed by atoms with Gasteiger partial charge in [0.2, 0.25) is 10.0 Å². The Morgan fingerprint density at radius 2 is 1.64 bits per heavy atom. The summed E-state index contributed by atoms with van der Waals surface area (Å²) in [5, 5.41) is 10.3. The Kier molecular flexibility index (Phi) is 7.63. The number of hydrogen-bond donors (Lipinski definition) is 3. The lowest BCUT2D eigenvalue weighted by Gasteiger charge is -2.19. The number of rotatable bonds is 8. The molecule has 3 aromatic rings. The van der Waals surface area contributed by atoms with Gasteiger partial charge in [-0.25, -0.2) is 18.5 Å². The van der Waals surface area contributed by atoms with Gasteiger partial charge in [-0.2, -0.15) is 0 Å². The molecule has 0 unspecified atom stereocenters. The molecule has 0 saturated heterocycles. The minimum Gasteiger partial charge on any atom is -0.497 e. The third kappa shape index (κ3) is 5.58. The summed E-state index contributed by atoms with van der Waals surface area (Å²) in [7, 11) is -0.999. The predicted molar refractivity (Wildman–Crippen MR) is 145 cm³/mol. The smallest absolute Gasteiger partial charge is 0.283 e. The molecular formula is C26H23ClN4O7S. The molecule has 0 atom stereocenters. The number of amides is 3. The molecule has 202 valence electrons. The third-order valence-electron chi connectivity index (χ3n) is 5.86. The first-order valence-electron chi connectivity index (χ1n) is 11.3. The van der Waals surface area contributed by atoms with Gasteiger partial charge in [0.25, 0.3) is 17.7 Å². The maximum absolute atomic E-state index is 13.3. The fraction of sp³-hybridized carbons (Fsp3) is 0.115. The number of imide groups is 1. The molecular weight excluding hydrogens is 548 g/mol. The number of carbonyl (C=O) groups is 3. The summed E-state index contributed by atoms with van der Waals surface area (Å²) in [6.45, 7) is 1.75. The average Bonchev–Trinajstić information content (AvgIpc) is 3.11. The SMILES string of the molecule is COc1ccc(N2C(=O)C(Cl)=C(Nc3cc(C(=O)Nc4ccc(S(N)(=O)=O)cc4)ccc3C)C2=O)c(OC)c1. The second-order valence-electron chi connectivity index (χ2n) is 8.35. The summed E-state index contributed by atoms with van der Waals surface area (Å²) < 4.78 is 33.4. The maximum atomic E-state index is 13.3. The summed E-state index contributed by atoms with van der Waals surface area (Å²) in [6, 6.07) is 14.7. The van der Waals surface area contributed by atoms with Gasteiger partial charge in [0.1, 0.15) is 22.2 Å². The molecule has 0 aromatic heterocycles. The number of nitrogens with two attached hydrogens (primary N) is 1. The molecule has 1 aliphatic heterocycles. The number of primary sulfonamides is 1. The topological polar surface area (TPSA) is 157 Å². The Morgan fingerprint density at radius 3 is 2.26 bits per heavy atom. The predicted octanol–water partition coefficient (Wildman–Crippen LogP) is 3.35. The van der Waals surface area contributed by atoms with Gasteiger partial charge in [-0.1, -0.05) is 17.7 Å². The molecule has 11 nitrogen and oxygen atoms in total. The molecule has 3 amide bonds. The van der Waals surface area contributed by atoms with Crippen LogP contribution in [0.15, 0.2) is 76.3 Å². The lowest BCUT2D eigenvalue weighted by atomic mass is 10.1. The summed E-state index contributed by atoms with van der Waals surface area (Å²) in [5.74, 6) is -1.26. The number of halogens is 1. The summed E-state index contributed by atoms with van der Waals surface area (Å²) >= 11 is 6.29. The number of ether oxygens (including phenoxy) is 2. The van der Waals surface area contributed by atoms with Gasteiger partial charge in [0, 0.05) is 23.0 Å². The first-order chi connectivity index (χ1) is 18.4. The highest BCUT2D eigenvalue weighted by Crippen LogP contribution is 2.38. The van der Waals surface area contributed by atoms with Crippen molar-refractivity contribution in [3.05, 3.63) is 82.5 Å². The first kappa shape index (κ1) is 27.6. The number of anilines is 3. The van der Waals surface area contributed by atoms with Gasteiger partial charge in [-0.3, -0.25) is 14.4 Å². The van der Waals surface area contributed by atoms with Crippen LogP contribution in [0.3, 0.4) is 0 Å². The molecule has 0 fully saturated rings. The number of nitrogens with one attached hydrogen (secondary N) is 2. The Hall–Kier alpha value is -4.39. The number of benzene rings is 3. The van der Waals surface area contributed by atoms with Crippen molar-refractivity contribution in [3.63, 3.8) is 0 Å². The molecule has 4 rings (SSSR count). The molecule has 1 aliphatic rings. The van der Waals surface area contributed by atoms with E-state index in [1.54, 1.807) is 25.1 Å². The highest BCUT2D eigenvalue weighted by molar-refractivity contribution is 7.89. The molecule has 0 saturated carbocycles. The van der Waals surface area contributed by atoms with Gasteiger partial charge in [0.15, 0.2) is 0 Å². The summed E-state index contributed by atoms with van der Waals surface area (Å²) in [5.41, 5.74) is 1.61. The molecule has 0 radical (unpaired) electrons. The van der Waals surface area contributed by atoms with Crippen LogP contribution in [0, 0.1) is 6.92 Å². The zero-order valence-corrected chi connectivity index (χ0v) is 22.5. The van der Waals surface area contributed by atoms with Crippen molar-refractivity contribution >= 4 is 56.4 Å². The fourth-order valence-corrected chi connectivity index (χ4v) is 4.49. The van der Waals surface area contributed by atoms with Gasteiger partial charge in [0.05, 0.1) is 24.8 Å². The van der Waals surface area contributed by atoms with Crippen LogP contribution in [0.1, 0.15) is 15.9 Å². The van der Waals surface area contributed by atoms with Crippen molar-refractivity contribution < 1.29 is 32.3 Å². The standard InChI is InChI=1S/C26H23ClN4O7S/c1-14-4-5-15(24(32)29-16-6-9-18(10-7-16)39(28,35)36)12-19(14)30-23-22(27)25(33)31(26(23)34)20-11-8-17(37-2)13-21(20)38-3/h4-13,30H,1-3H3,(H,29,32)(H2,28,35,36). The van der Waals surface area contributed by atoms with Crippen LogP contribution in [0.25, 0.3) is 0 Å². The third-order valence-corrected chi connectivity index (χ3v) is 7.14. The van der Waals surface area contributed by atoms with E-state index in [9.17, 15) is 22.8 Å². The van der Waals surface area contributed by atoms with Crippen molar-refractivity contribution in [2.45, 2.75) is 11.8 Å². The minimum absolute atomic E-state index is 0.0930. The molecule has 0 aliphatic carbocycles. The van der Waals surface area contributed by atoms with E-state index < -0.39 is 27.7 Å². The normalized spacial score (nSPS) is 13.5. The van der Waals surface area contributed by atoms with Gasteiger partial charge in [-0.05, 0) is 61.0 Å². The summed E-state index contributed by atoms with van der Waals surface area (Å²) in [4.78, 5) is 39.9. The Labute approximate surface area is 229 Å².